The van der Waals surface area contributed by atoms with E-state index in [0.29, 0.717) is 16.3 Å². The molecule has 0 aliphatic carbocycles. The number of aromatic nitrogens is 2. The second-order valence-electron chi connectivity index (χ2n) is 4.38. The van der Waals surface area contributed by atoms with Crippen LogP contribution in [0.1, 0.15) is 11.3 Å². The second kappa shape index (κ2) is 6.33. The van der Waals surface area contributed by atoms with E-state index in [1.54, 1.807) is 24.0 Å². The van der Waals surface area contributed by atoms with Crippen molar-refractivity contribution in [2.75, 3.05) is 0 Å². The molecule has 0 radical (unpaired) electrons. The van der Waals surface area contributed by atoms with Crippen LogP contribution in [0.2, 0.25) is 10.0 Å². The molecule has 0 amide bonds. The van der Waals surface area contributed by atoms with Gasteiger partial charge in [0.1, 0.15) is 4.90 Å². The molecule has 0 bridgehead atoms. The van der Waals surface area contributed by atoms with Gasteiger partial charge in [0, 0.05) is 24.8 Å². The molecule has 9 heteroatoms. The Kier molecular flexibility index (Phi) is 4.90. The third kappa shape index (κ3) is 3.75. The summed E-state index contributed by atoms with van der Waals surface area (Å²) in [6.07, 6.45) is 1.73. The Morgan fingerprint density at radius 2 is 2.05 bits per heavy atom. The van der Waals surface area contributed by atoms with Gasteiger partial charge in [0.15, 0.2) is 0 Å². The zero-order chi connectivity index (χ0) is 15.6. The van der Waals surface area contributed by atoms with Crippen molar-refractivity contribution in [2.24, 2.45) is 12.8 Å². The van der Waals surface area contributed by atoms with Crippen molar-refractivity contribution >= 4 is 33.2 Å². The summed E-state index contributed by atoms with van der Waals surface area (Å²) in [6.45, 7) is 0.193. The minimum atomic E-state index is -3.77. The fourth-order valence-electron chi connectivity index (χ4n) is 1.74. The molecule has 2 aromatic rings. The van der Waals surface area contributed by atoms with Crippen molar-refractivity contribution in [1.82, 2.24) is 14.5 Å². The van der Waals surface area contributed by atoms with E-state index in [4.69, 9.17) is 28.9 Å². The third-order valence-corrected chi connectivity index (χ3v) is 5.04. The molecule has 0 atom stereocenters. The summed E-state index contributed by atoms with van der Waals surface area (Å²) >= 11 is 11.9. The molecule has 0 unspecified atom stereocenters. The number of nitrogens with zero attached hydrogens (tertiary/aromatic N) is 2. The van der Waals surface area contributed by atoms with Gasteiger partial charge in [-0.05, 0) is 23.8 Å². The molecule has 0 saturated carbocycles. The van der Waals surface area contributed by atoms with Crippen LogP contribution in [-0.4, -0.2) is 18.2 Å². The van der Waals surface area contributed by atoms with Gasteiger partial charge in [-0.2, -0.15) is 5.10 Å². The average molecular weight is 349 g/mol. The zero-order valence-electron chi connectivity index (χ0n) is 11.2. The van der Waals surface area contributed by atoms with Crippen LogP contribution in [0.15, 0.2) is 29.3 Å². The van der Waals surface area contributed by atoms with Crippen molar-refractivity contribution in [2.45, 2.75) is 18.0 Å². The first-order valence-electron chi connectivity index (χ1n) is 5.99. The Bertz CT molecular complexity index is 759. The molecule has 6 nitrogen and oxygen atoms in total. The van der Waals surface area contributed by atoms with Gasteiger partial charge < -0.3 is 5.73 Å². The highest BCUT2D eigenvalue weighted by atomic mass is 35.5. The van der Waals surface area contributed by atoms with E-state index in [9.17, 15) is 8.42 Å². The van der Waals surface area contributed by atoms with Crippen LogP contribution >= 0.6 is 23.2 Å². The molecule has 0 spiro atoms. The highest BCUT2D eigenvalue weighted by Gasteiger charge is 2.20. The molecule has 1 aromatic heterocycles. The molecule has 1 heterocycles. The van der Waals surface area contributed by atoms with Gasteiger partial charge in [0.05, 0.1) is 17.3 Å². The van der Waals surface area contributed by atoms with Gasteiger partial charge in [-0.3, -0.25) is 4.68 Å². The average Bonchev–Trinajstić information content (AvgIpc) is 2.82. The Morgan fingerprint density at radius 1 is 1.33 bits per heavy atom. The number of sulfonamides is 1. The maximum absolute atomic E-state index is 12.3. The number of nitrogens with one attached hydrogen (secondary N) is 1. The van der Waals surface area contributed by atoms with E-state index in [2.05, 4.69) is 9.82 Å². The SMILES string of the molecule is Cn1ccc(CNS(=O)(=O)c2cc(CN)c(Cl)cc2Cl)n1. The fourth-order valence-corrected chi connectivity index (χ4v) is 3.61. The number of hydrogen-bond acceptors (Lipinski definition) is 4. The van der Waals surface area contributed by atoms with E-state index >= 15 is 0 Å². The van der Waals surface area contributed by atoms with E-state index < -0.39 is 10.0 Å². The lowest BCUT2D eigenvalue weighted by atomic mass is 10.2. The predicted molar refractivity (Wildman–Crippen MR) is 81.6 cm³/mol. The summed E-state index contributed by atoms with van der Waals surface area (Å²) in [6, 6.07) is 4.48. The number of benzene rings is 1. The number of hydrogen-bond donors (Lipinski definition) is 2. The molecule has 3 N–H and O–H groups in total. The summed E-state index contributed by atoms with van der Waals surface area (Å²) < 4.78 is 28.6. The van der Waals surface area contributed by atoms with Crippen LogP contribution in [0.3, 0.4) is 0 Å². The van der Waals surface area contributed by atoms with E-state index in [1.165, 1.54) is 12.1 Å². The van der Waals surface area contributed by atoms with Crippen LogP contribution in [0, 0.1) is 0 Å². The van der Waals surface area contributed by atoms with Crippen molar-refractivity contribution in [1.29, 1.82) is 0 Å². The highest BCUT2D eigenvalue weighted by Crippen LogP contribution is 2.28. The molecule has 0 aliphatic rings. The number of rotatable bonds is 5. The molecular weight excluding hydrogens is 335 g/mol. The van der Waals surface area contributed by atoms with Crippen LogP contribution < -0.4 is 10.5 Å². The fraction of sp³-hybridized carbons (Fsp3) is 0.250. The lowest BCUT2D eigenvalue weighted by molar-refractivity contribution is 0.579. The maximum atomic E-state index is 12.3. The van der Waals surface area contributed by atoms with Crippen molar-refractivity contribution in [3.8, 4) is 0 Å². The van der Waals surface area contributed by atoms with E-state index in [1.807, 2.05) is 0 Å². The van der Waals surface area contributed by atoms with Gasteiger partial charge in [-0.25, -0.2) is 13.1 Å². The first-order chi connectivity index (χ1) is 9.83. The molecule has 0 aliphatic heterocycles. The lowest BCUT2D eigenvalue weighted by Gasteiger charge is -2.10. The topological polar surface area (TPSA) is 90.0 Å². The Balaban J connectivity index is 2.27. The Morgan fingerprint density at radius 3 is 2.62 bits per heavy atom. The summed E-state index contributed by atoms with van der Waals surface area (Å²) in [5.41, 5.74) is 6.64. The minimum absolute atomic E-state index is 0.0470. The number of aryl methyl sites for hydroxylation is 1. The largest absolute Gasteiger partial charge is 0.326 e. The van der Waals surface area contributed by atoms with Crippen LogP contribution in [0.25, 0.3) is 0 Å². The number of nitrogens with two attached hydrogens (primary N) is 1. The van der Waals surface area contributed by atoms with Gasteiger partial charge >= 0.3 is 0 Å². The summed E-state index contributed by atoms with van der Waals surface area (Å²) in [7, 11) is -2.02. The predicted octanol–water partition coefficient (Wildman–Crippen LogP) is 1.66. The van der Waals surface area contributed by atoms with Gasteiger partial charge in [-0.15, -0.1) is 0 Å². The molecule has 1 aromatic carbocycles. The molecule has 2 rings (SSSR count). The Hall–Kier alpha value is -1.12. The standard InChI is InChI=1S/C12H14Cl2N4O2S/c1-18-3-2-9(17-18)7-16-21(19,20)12-4-8(6-15)10(13)5-11(12)14/h2-5,16H,6-7,15H2,1H3. The van der Waals surface area contributed by atoms with Crippen LogP contribution in [0.4, 0.5) is 0 Å². The van der Waals surface area contributed by atoms with E-state index in [0.717, 1.165) is 0 Å². The molecule has 0 fully saturated rings. The summed E-state index contributed by atoms with van der Waals surface area (Å²) in [5.74, 6) is 0. The van der Waals surface area contributed by atoms with Gasteiger partial charge in [0.25, 0.3) is 0 Å². The maximum Gasteiger partial charge on any atom is 0.242 e. The highest BCUT2D eigenvalue weighted by molar-refractivity contribution is 7.89. The molecule has 114 valence electrons. The smallest absolute Gasteiger partial charge is 0.242 e. The minimum Gasteiger partial charge on any atom is -0.326 e. The van der Waals surface area contributed by atoms with Crippen molar-refractivity contribution in [3.05, 3.63) is 45.7 Å². The first-order valence-corrected chi connectivity index (χ1v) is 8.23. The summed E-state index contributed by atoms with van der Waals surface area (Å²) in [4.78, 5) is -0.0510. The second-order valence-corrected chi connectivity index (χ2v) is 6.93. The molecule has 21 heavy (non-hydrogen) atoms. The molecular formula is C12H14Cl2N4O2S. The van der Waals surface area contributed by atoms with Crippen molar-refractivity contribution in [3.63, 3.8) is 0 Å². The van der Waals surface area contributed by atoms with Crippen molar-refractivity contribution < 1.29 is 8.42 Å². The Labute approximate surface area is 132 Å². The quantitative estimate of drug-likeness (QED) is 0.859. The van der Waals surface area contributed by atoms with Gasteiger partial charge in [-0.1, -0.05) is 23.2 Å². The van der Waals surface area contributed by atoms with E-state index in [-0.39, 0.29) is 23.0 Å². The zero-order valence-corrected chi connectivity index (χ0v) is 13.5. The number of halogens is 2. The van der Waals surface area contributed by atoms with Crippen LogP contribution in [0.5, 0.6) is 0 Å². The van der Waals surface area contributed by atoms with Gasteiger partial charge in [0.2, 0.25) is 10.0 Å². The first kappa shape index (κ1) is 16.3. The third-order valence-electron chi connectivity index (χ3n) is 2.82. The normalized spacial score (nSPS) is 11.8. The lowest BCUT2D eigenvalue weighted by Crippen LogP contribution is -2.24. The molecule has 0 saturated heterocycles. The summed E-state index contributed by atoms with van der Waals surface area (Å²) in [5, 5.41) is 4.48. The van der Waals surface area contributed by atoms with Crippen LogP contribution in [-0.2, 0) is 30.2 Å². The monoisotopic (exact) mass is 348 g/mol.